The van der Waals surface area contributed by atoms with Crippen LogP contribution < -0.4 is 16.0 Å². The zero-order valence-corrected chi connectivity index (χ0v) is 11.6. The van der Waals surface area contributed by atoms with Gasteiger partial charge < -0.3 is 4.74 Å². The normalized spacial score (nSPS) is 12.4. The molecule has 3 N–H and O–H groups in total. The van der Waals surface area contributed by atoms with Crippen molar-refractivity contribution < 1.29 is 9.13 Å². The van der Waals surface area contributed by atoms with E-state index in [0.717, 1.165) is 16.9 Å². The molecule has 20 heavy (non-hydrogen) atoms. The van der Waals surface area contributed by atoms with Gasteiger partial charge >= 0.3 is 0 Å². The summed E-state index contributed by atoms with van der Waals surface area (Å²) in [6, 6.07) is 13.7. The molecule has 1 unspecified atom stereocenters. The highest BCUT2D eigenvalue weighted by molar-refractivity contribution is 5.41. The molecule has 0 saturated heterocycles. The van der Waals surface area contributed by atoms with Gasteiger partial charge in [-0.1, -0.05) is 30.3 Å². The van der Waals surface area contributed by atoms with Gasteiger partial charge in [-0.15, -0.1) is 0 Å². The Hall–Kier alpha value is -1.91. The Labute approximate surface area is 118 Å². The van der Waals surface area contributed by atoms with Crippen molar-refractivity contribution in [3.8, 4) is 5.75 Å². The predicted octanol–water partition coefficient (Wildman–Crippen LogP) is 3.17. The van der Waals surface area contributed by atoms with Crippen LogP contribution in [0.2, 0.25) is 0 Å². The molecule has 4 heteroatoms. The number of para-hydroxylation sites is 1. The highest BCUT2D eigenvalue weighted by Gasteiger charge is 2.17. The zero-order chi connectivity index (χ0) is 14.5. The van der Waals surface area contributed by atoms with Gasteiger partial charge in [0.15, 0.2) is 0 Å². The van der Waals surface area contributed by atoms with E-state index in [1.165, 1.54) is 12.1 Å². The molecule has 0 aromatic heterocycles. The standard InChI is InChI=1S/C16H19FN2O/c1-11(2)20-15-9-4-3-8-14(15)16(19-18)12-6-5-7-13(17)10-12/h3-11,16,19H,18H2,1-2H3. The summed E-state index contributed by atoms with van der Waals surface area (Å²) in [5.41, 5.74) is 4.37. The Morgan fingerprint density at radius 1 is 1.10 bits per heavy atom. The highest BCUT2D eigenvalue weighted by Crippen LogP contribution is 2.30. The van der Waals surface area contributed by atoms with Crippen LogP contribution in [0.25, 0.3) is 0 Å². The summed E-state index contributed by atoms with van der Waals surface area (Å²) >= 11 is 0. The summed E-state index contributed by atoms with van der Waals surface area (Å²) in [6.07, 6.45) is 0.0575. The Morgan fingerprint density at radius 3 is 2.50 bits per heavy atom. The molecule has 2 rings (SSSR count). The van der Waals surface area contributed by atoms with Crippen molar-refractivity contribution in [3.63, 3.8) is 0 Å². The second-order valence-electron chi connectivity index (χ2n) is 4.86. The SMILES string of the molecule is CC(C)Oc1ccccc1C(NN)c1cccc(F)c1. The molecule has 0 bridgehead atoms. The molecular formula is C16H19FN2O. The predicted molar refractivity (Wildman–Crippen MR) is 77.8 cm³/mol. The molecule has 2 aromatic carbocycles. The van der Waals surface area contributed by atoms with Gasteiger partial charge in [0.25, 0.3) is 0 Å². The minimum atomic E-state index is -0.319. The van der Waals surface area contributed by atoms with E-state index in [0.29, 0.717) is 0 Å². The third-order valence-electron chi connectivity index (χ3n) is 2.94. The number of nitrogens with one attached hydrogen (secondary N) is 1. The van der Waals surface area contributed by atoms with Crippen LogP contribution in [0.1, 0.15) is 31.0 Å². The second kappa shape index (κ2) is 6.50. The van der Waals surface area contributed by atoms with Crippen molar-refractivity contribution in [2.45, 2.75) is 26.0 Å². The van der Waals surface area contributed by atoms with Crippen molar-refractivity contribution >= 4 is 0 Å². The first-order valence-electron chi connectivity index (χ1n) is 6.59. The summed E-state index contributed by atoms with van der Waals surface area (Å²) in [5.74, 6) is 6.12. The first kappa shape index (κ1) is 14.5. The van der Waals surface area contributed by atoms with Gasteiger partial charge in [0.2, 0.25) is 0 Å². The van der Waals surface area contributed by atoms with Gasteiger partial charge in [0.1, 0.15) is 11.6 Å². The lowest BCUT2D eigenvalue weighted by atomic mass is 9.98. The second-order valence-corrected chi connectivity index (χ2v) is 4.86. The topological polar surface area (TPSA) is 47.3 Å². The maximum atomic E-state index is 13.4. The average Bonchev–Trinajstić information content (AvgIpc) is 2.41. The number of hydrazine groups is 1. The molecule has 0 radical (unpaired) electrons. The Morgan fingerprint density at radius 2 is 1.85 bits per heavy atom. The molecule has 0 amide bonds. The summed E-state index contributed by atoms with van der Waals surface area (Å²) in [7, 11) is 0. The summed E-state index contributed by atoms with van der Waals surface area (Å²) in [6.45, 7) is 3.92. The first-order chi connectivity index (χ1) is 9.61. The Kier molecular flexibility index (Phi) is 4.71. The number of ether oxygens (including phenoxy) is 1. The molecule has 3 nitrogen and oxygen atoms in total. The molecule has 0 aliphatic carbocycles. The van der Waals surface area contributed by atoms with Crippen molar-refractivity contribution in [2.24, 2.45) is 5.84 Å². The van der Waals surface area contributed by atoms with Gasteiger partial charge in [0.05, 0.1) is 12.1 Å². The van der Waals surface area contributed by atoms with Gasteiger partial charge in [-0.25, -0.2) is 9.82 Å². The molecular weight excluding hydrogens is 255 g/mol. The lowest BCUT2D eigenvalue weighted by molar-refractivity contribution is 0.238. The van der Waals surface area contributed by atoms with Crippen molar-refractivity contribution in [1.29, 1.82) is 0 Å². The molecule has 0 aliphatic heterocycles. The van der Waals surface area contributed by atoms with E-state index in [2.05, 4.69) is 5.43 Å². The van der Waals surface area contributed by atoms with Gasteiger partial charge in [0, 0.05) is 5.56 Å². The van der Waals surface area contributed by atoms with E-state index in [1.807, 2.05) is 44.2 Å². The lowest BCUT2D eigenvalue weighted by Crippen LogP contribution is -2.29. The van der Waals surface area contributed by atoms with E-state index < -0.39 is 0 Å². The van der Waals surface area contributed by atoms with E-state index in [4.69, 9.17) is 10.6 Å². The number of hydrogen-bond acceptors (Lipinski definition) is 3. The summed E-state index contributed by atoms with van der Waals surface area (Å²) in [4.78, 5) is 0. The third-order valence-corrected chi connectivity index (χ3v) is 2.94. The first-order valence-corrected chi connectivity index (χ1v) is 6.59. The molecule has 0 saturated carbocycles. The molecule has 106 valence electrons. The van der Waals surface area contributed by atoms with Crippen LogP contribution >= 0.6 is 0 Å². The van der Waals surface area contributed by atoms with Crippen molar-refractivity contribution in [3.05, 3.63) is 65.5 Å². The van der Waals surface area contributed by atoms with E-state index >= 15 is 0 Å². The molecule has 0 heterocycles. The number of halogens is 1. The van der Waals surface area contributed by atoms with Gasteiger partial charge in [-0.2, -0.15) is 0 Å². The van der Waals surface area contributed by atoms with Crippen LogP contribution in [0.3, 0.4) is 0 Å². The largest absolute Gasteiger partial charge is 0.491 e. The fourth-order valence-corrected chi connectivity index (χ4v) is 2.13. The van der Waals surface area contributed by atoms with Crippen LogP contribution in [0.15, 0.2) is 48.5 Å². The lowest BCUT2D eigenvalue weighted by Gasteiger charge is -2.21. The van der Waals surface area contributed by atoms with Gasteiger partial charge in [-0.05, 0) is 37.6 Å². The molecule has 1 atom stereocenters. The molecule has 0 aliphatic rings. The average molecular weight is 274 g/mol. The fraction of sp³-hybridized carbons (Fsp3) is 0.250. The maximum absolute atomic E-state index is 13.4. The third kappa shape index (κ3) is 3.35. The van der Waals surface area contributed by atoms with Crippen LogP contribution in [0.4, 0.5) is 4.39 Å². The van der Waals surface area contributed by atoms with Crippen molar-refractivity contribution in [1.82, 2.24) is 5.43 Å². The molecule has 0 spiro atoms. The molecule has 2 aromatic rings. The van der Waals surface area contributed by atoms with Crippen LogP contribution in [0, 0.1) is 5.82 Å². The minimum Gasteiger partial charge on any atom is -0.491 e. The smallest absolute Gasteiger partial charge is 0.124 e. The van der Waals surface area contributed by atoms with E-state index in [9.17, 15) is 4.39 Å². The number of benzene rings is 2. The van der Waals surface area contributed by atoms with Gasteiger partial charge in [-0.3, -0.25) is 5.84 Å². The highest BCUT2D eigenvalue weighted by atomic mass is 19.1. The Bertz CT molecular complexity index is 572. The van der Waals surface area contributed by atoms with Crippen molar-refractivity contribution in [2.75, 3.05) is 0 Å². The molecule has 0 fully saturated rings. The summed E-state index contributed by atoms with van der Waals surface area (Å²) < 4.78 is 19.2. The Balaban J connectivity index is 2.41. The maximum Gasteiger partial charge on any atom is 0.124 e. The van der Waals surface area contributed by atoms with Crippen LogP contribution in [-0.4, -0.2) is 6.10 Å². The van der Waals surface area contributed by atoms with E-state index in [1.54, 1.807) is 6.07 Å². The fourth-order valence-electron chi connectivity index (χ4n) is 2.13. The summed E-state index contributed by atoms with van der Waals surface area (Å²) in [5, 5.41) is 0. The monoisotopic (exact) mass is 274 g/mol. The van der Waals surface area contributed by atoms with Crippen LogP contribution in [0.5, 0.6) is 5.75 Å². The number of nitrogens with two attached hydrogens (primary N) is 1. The number of hydrogen-bond donors (Lipinski definition) is 2. The quantitative estimate of drug-likeness (QED) is 0.650. The number of rotatable bonds is 5. The zero-order valence-electron chi connectivity index (χ0n) is 11.6. The van der Waals surface area contributed by atoms with Crippen LogP contribution in [-0.2, 0) is 0 Å². The minimum absolute atomic E-state index is 0.0575. The van der Waals surface area contributed by atoms with E-state index in [-0.39, 0.29) is 18.0 Å².